The minimum Gasteiger partial charge on any atom is -0.455 e. The number of hydrogen-bond acceptors (Lipinski definition) is 4. The van der Waals surface area contributed by atoms with E-state index in [1.807, 2.05) is 24.5 Å². The highest BCUT2D eigenvalue weighted by molar-refractivity contribution is 6.11. The third kappa shape index (κ3) is 5.30. The molecule has 11 rings (SSSR count). The first-order chi connectivity index (χ1) is 27.2. The molecule has 1 unspecified atom stereocenters. The molecule has 0 fully saturated rings. The van der Waals surface area contributed by atoms with Gasteiger partial charge in [0.05, 0.1) is 11.7 Å². The van der Waals surface area contributed by atoms with Crippen LogP contribution in [0.1, 0.15) is 22.7 Å². The van der Waals surface area contributed by atoms with Crippen LogP contribution in [0.4, 0.5) is 0 Å². The second kappa shape index (κ2) is 12.7. The van der Waals surface area contributed by atoms with E-state index in [4.69, 9.17) is 9.41 Å². The van der Waals surface area contributed by atoms with Crippen LogP contribution in [0.5, 0.6) is 0 Å². The zero-order chi connectivity index (χ0) is 36.3. The second-order valence-corrected chi connectivity index (χ2v) is 14.2. The Hall–Kier alpha value is -7.30. The van der Waals surface area contributed by atoms with Crippen molar-refractivity contribution in [3.63, 3.8) is 0 Å². The summed E-state index contributed by atoms with van der Waals surface area (Å²) in [6.07, 6.45) is 6.16. The van der Waals surface area contributed by atoms with Gasteiger partial charge in [0, 0.05) is 50.8 Å². The molecule has 0 saturated carbocycles. The monoisotopic (exact) mass is 703 g/mol. The molecule has 1 aliphatic heterocycles. The third-order valence-corrected chi connectivity index (χ3v) is 11.0. The van der Waals surface area contributed by atoms with Crippen molar-refractivity contribution < 1.29 is 4.42 Å². The van der Waals surface area contributed by atoms with Crippen LogP contribution in [0.3, 0.4) is 0 Å². The number of aliphatic imine (C=N–C) groups is 1. The fourth-order valence-corrected chi connectivity index (χ4v) is 8.33. The lowest BCUT2D eigenvalue weighted by Gasteiger charge is -2.26. The number of amidine groups is 1. The molecule has 1 N–H and O–H groups in total. The number of nitrogens with zero attached hydrogens (tertiary/aromatic N) is 2. The predicted octanol–water partition coefficient (Wildman–Crippen LogP) is 12.9. The van der Waals surface area contributed by atoms with Crippen molar-refractivity contribution in [3.8, 4) is 22.3 Å². The van der Waals surface area contributed by atoms with Gasteiger partial charge >= 0.3 is 0 Å². The fourth-order valence-electron chi connectivity index (χ4n) is 8.33. The number of furan rings is 1. The Bertz CT molecular complexity index is 3180. The van der Waals surface area contributed by atoms with Crippen LogP contribution in [0, 0.1) is 0 Å². The van der Waals surface area contributed by atoms with E-state index in [0.29, 0.717) is 0 Å². The van der Waals surface area contributed by atoms with Gasteiger partial charge in [-0.15, -0.1) is 0 Å². The van der Waals surface area contributed by atoms with Crippen LogP contribution in [0.25, 0.3) is 82.2 Å². The average molecular weight is 704 g/mol. The molecule has 0 radical (unpaired) electrons. The lowest BCUT2D eigenvalue weighted by atomic mass is 9.91. The second-order valence-electron chi connectivity index (χ2n) is 14.2. The Morgan fingerprint density at radius 1 is 0.455 bits per heavy atom. The topological polar surface area (TPSA) is 50.4 Å². The normalized spacial score (nSPS) is 14.4. The van der Waals surface area contributed by atoms with Gasteiger partial charge in [-0.05, 0) is 67.9 Å². The number of rotatable bonds is 5. The van der Waals surface area contributed by atoms with E-state index in [-0.39, 0.29) is 6.04 Å². The van der Waals surface area contributed by atoms with Gasteiger partial charge in [0.1, 0.15) is 17.0 Å². The molecule has 0 spiro atoms. The van der Waals surface area contributed by atoms with E-state index < -0.39 is 0 Å². The molecule has 0 aliphatic carbocycles. The van der Waals surface area contributed by atoms with Crippen LogP contribution >= 0.6 is 0 Å². The van der Waals surface area contributed by atoms with Crippen molar-refractivity contribution in [1.29, 1.82) is 0 Å². The Morgan fingerprint density at radius 2 is 1.13 bits per heavy atom. The molecular formula is C51H33N3O. The quantitative estimate of drug-likeness (QED) is 0.182. The maximum Gasteiger partial charge on any atom is 0.143 e. The van der Waals surface area contributed by atoms with Crippen molar-refractivity contribution in [2.75, 3.05) is 0 Å². The first kappa shape index (κ1) is 31.2. The number of benzene rings is 8. The summed E-state index contributed by atoms with van der Waals surface area (Å²) < 4.78 is 6.39. The fraction of sp³-hybridized carbons (Fsp3) is 0.0196. The van der Waals surface area contributed by atoms with Crippen molar-refractivity contribution in [2.45, 2.75) is 6.04 Å². The minimum absolute atomic E-state index is 0.135. The lowest BCUT2D eigenvalue weighted by molar-refractivity contribution is 0.670. The zero-order valence-electron chi connectivity index (χ0n) is 29.8. The van der Waals surface area contributed by atoms with Crippen molar-refractivity contribution in [1.82, 2.24) is 10.3 Å². The Labute approximate surface area is 317 Å². The number of aromatic nitrogens is 1. The van der Waals surface area contributed by atoms with Gasteiger partial charge in [-0.2, -0.15) is 0 Å². The van der Waals surface area contributed by atoms with Crippen molar-refractivity contribution in [2.24, 2.45) is 4.99 Å². The van der Waals surface area contributed by atoms with E-state index in [1.165, 1.54) is 32.5 Å². The highest BCUT2D eigenvalue weighted by Crippen LogP contribution is 2.39. The lowest BCUT2D eigenvalue weighted by Crippen LogP contribution is -2.31. The molecule has 3 heterocycles. The molecular weight excluding hydrogens is 671 g/mol. The number of para-hydroxylation sites is 2. The van der Waals surface area contributed by atoms with E-state index in [2.05, 4.69) is 174 Å². The summed E-state index contributed by atoms with van der Waals surface area (Å²) in [5.41, 5.74) is 10.4. The molecule has 55 heavy (non-hydrogen) atoms. The summed E-state index contributed by atoms with van der Waals surface area (Å²) in [7, 11) is 0. The molecule has 1 aliphatic rings. The highest BCUT2D eigenvalue weighted by atomic mass is 16.3. The molecule has 1 atom stereocenters. The van der Waals surface area contributed by atoms with Crippen LogP contribution in [0.2, 0.25) is 0 Å². The summed E-state index contributed by atoms with van der Waals surface area (Å²) in [6, 6.07) is 60.0. The van der Waals surface area contributed by atoms with Crippen LogP contribution in [-0.2, 0) is 0 Å². The number of pyridine rings is 1. The Morgan fingerprint density at radius 3 is 2.00 bits per heavy atom. The number of hydrogen-bond donors (Lipinski definition) is 1. The van der Waals surface area contributed by atoms with Gasteiger partial charge in [0.25, 0.3) is 0 Å². The molecule has 2 aromatic heterocycles. The van der Waals surface area contributed by atoms with Crippen molar-refractivity contribution >= 4 is 65.8 Å². The smallest absolute Gasteiger partial charge is 0.143 e. The van der Waals surface area contributed by atoms with E-state index in [9.17, 15) is 0 Å². The van der Waals surface area contributed by atoms with Crippen LogP contribution in [-0.4, -0.2) is 10.8 Å². The van der Waals surface area contributed by atoms with Gasteiger partial charge in [0.2, 0.25) is 0 Å². The number of nitrogens with one attached hydrogen (secondary N) is 1. The average Bonchev–Trinajstić information content (AvgIpc) is 3.65. The molecule has 10 aromatic rings. The maximum atomic E-state index is 6.39. The first-order valence-corrected chi connectivity index (χ1v) is 18.7. The zero-order valence-corrected chi connectivity index (χ0v) is 29.8. The molecule has 8 aromatic carbocycles. The van der Waals surface area contributed by atoms with Gasteiger partial charge in [-0.25, -0.2) is 4.99 Å². The largest absolute Gasteiger partial charge is 0.455 e. The molecule has 0 bridgehead atoms. The van der Waals surface area contributed by atoms with Gasteiger partial charge in [0.15, 0.2) is 0 Å². The SMILES string of the molecule is C1=C(c2cccc(-c3cncc4ccccc34)c2)N=C(c2ccc(-c3cccc4c3oc3ccccc34)cc2)NC1c1cc2ccccc2c2ccccc12. The molecule has 4 heteroatoms. The predicted molar refractivity (Wildman–Crippen MR) is 228 cm³/mol. The van der Waals surface area contributed by atoms with Gasteiger partial charge in [-0.3, -0.25) is 4.98 Å². The van der Waals surface area contributed by atoms with Crippen LogP contribution < -0.4 is 5.32 Å². The van der Waals surface area contributed by atoms with Gasteiger partial charge < -0.3 is 9.73 Å². The van der Waals surface area contributed by atoms with E-state index in [0.717, 1.165) is 72.2 Å². The van der Waals surface area contributed by atoms with E-state index >= 15 is 0 Å². The third-order valence-electron chi connectivity index (χ3n) is 11.0. The minimum atomic E-state index is -0.135. The standard InChI is InChI=1S/C51H33N3O/c1-3-15-38-35(11-1)28-45(42-18-6-5-17-41(38)42)48-29-47(36-14-9-13-34(27-36)46-31-52-30-37-12-2-4-16-39(37)46)53-51(54-48)33-25-23-32(24-26-33)40-20-10-21-44-43-19-7-8-22-49(43)55-50(40)44/h1-31,48H,(H,53,54). The number of fused-ring (bicyclic) bond motifs is 7. The Kier molecular flexibility index (Phi) is 7.20. The Balaban J connectivity index is 1.05. The van der Waals surface area contributed by atoms with Crippen LogP contribution in [0.15, 0.2) is 198 Å². The molecule has 4 nitrogen and oxygen atoms in total. The summed E-state index contributed by atoms with van der Waals surface area (Å²) >= 11 is 0. The molecule has 0 saturated heterocycles. The van der Waals surface area contributed by atoms with E-state index in [1.54, 1.807) is 0 Å². The summed E-state index contributed by atoms with van der Waals surface area (Å²) in [4.78, 5) is 9.94. The molecule has 258 valence electrons. The summed E-state index contributed by atoms with van der Waals surface area (Å²) in [6.45, 7) is 0. The maximum absolute atomic E-state index is 6.39. The first-order valence-electron chi connectivity index (χ1n) is 18.7. The molecule has 0 amide bonds. The highest BCUT2D eigenvalue weighted by Gasteiger charge is 2.23. The van der Waals surface area contributed by atoms with Crippen molar-refractivity contribution in [3.05, 3.63) is 205 Å². The summed E-state index contributed by atoms with van der Waals surface area (Å²) in [5, 5.41) is 13.3. The summed E-state index contributed by atoms with van der Waals surface area (Å²) in [5.74, 6) is 0.825. The van der Waals surface area contributed by atoms with Gasteiger partial charge in [-0.1, -0.05) is 152 Å².